The number of nitrogens with zero attached hydrogens (tertiary/aromatic N) is 1. The summed E-state index contributed by atoms with van der Waals surface area (Å²) in [5, 5.41) is 8.71. The van der Waals surface area contributed by atoms with Crippen LogP contribution in [0.5, 0.6) is 0 Å². The molecule has 0 spiro atoms. The fraction of sp³-hybridized carbons (Fsp3) is 0.300. The summed E-state index contributed by atoms with van der Waals surface area (Å²) in [6.07, 6.45) is 1.44. The molecule has 1 heterocycles. The average Bonchev–Trinajstić information content (AvgIpc) is 2.19. The van der Waals surface area contributed by atoms with Crippen molar-refractivity contribution in [3.63, 3.8) is 0 Å². The molecular weight excluding hydrogens is 214 g/mol. The Balaban J connectivity index is 2.82. The monoisotopic (exact) mass is 225 g/mol. The molecule has 0 bridgehead atoms. The number of esters is 1. The van der Waals surface area contributed by atoms with Crippen molar-refractivity contribution in [2.24, 2.45) is 0 Å². The molecule has 0 fully saturated rings. The van der Waals surface area contributed by atoms with Crippen LogP contribution in [0.15, 0.2) is 23.1 Å². The van der Waals surface area contributed by atoms with Gasteiger partial charge in [0.2, 0.25) is 0 Å². The van der Waals surface area contributed by atoms with Gasteiger partial charge in [-0.2, -0.15) is 0 Å². The van der Waals surface area contributed by atoms with Crippen LogP contribution in [0.3, 0.4) is 0 Å². The van der Waals surface area contributed by atoms with E-state index in [1.807, 2.05) is 0 Å². The normalized spacial score (nSPS) is 9.81. The summed E-state index contributed by atoms with van der Waals surface area (Å²) in [4.78, 5) is 32.7. The summed E-state index contributed by atoms with van der Waals surface area (Å²) >= 11 is 0. The summed E-state index contributed by atoms with van der Waals surface area (Å²) in [5.74, 6) is -1.71. The Labute approximate surface area is 91.1 Å². The number of ether oxygens (including phenoxy) is 1. The summed E-state index contributed by atoms with van der Waals surface area (Å²) in [7, 11) is 0. The maximum atomic E-state index is 11.5. The highest BCUT2D eigenvalue weighted by molar-refractivity contribution is 5.86. The molecule has 1 rings (SSSR count). The Morgan fingerprint density at radius 2 is 2.19 bits per heavy atom. The number of hydrogen-bond donors (Lipinski definition) is 1. The molecule has 0 aliphatic carbocycles. The number of carbonyl (C=O) groups excluding carboxylic acids is 1. The molecule has 86 valence electrons. The fourth-order valence-electron chi connectivity index (χ4n) is 1.16. The molecule has 1 N–H and O–H groups in total. The van der Waals surface area contributed by atoms with E-state index in [1.54, 1.807) is 0 Å². The number of hydrogen-bond acceptors (Lipinski definition) is 4. The second kappa shape index (κ2) is 5.11. The van der Waals surface area contributed by atoms with Crippen molar-refractivity contribution < 1.29 is 19.4 Å². The number of pyridine rings is 1. The Morgan fingerprint density at radius 3 is 2.75 bits per heavy atom. The van der Waals surface area contributed by atoms with Crippen molar-refractivity contribution in [3.05, 3.63) is 34.2 Å². The van der Waals surface area contributed by atoms with E-state index in [0.29, 0.717) is 0 Å². The van der Waals surface area contributed by atoms with Crippen LogP contribution in [-0.4, -0.2) is 28.2 Å². The molecule has 0 atom stereocenters. The Kier molecular flexibility index (Phi) is 3.82. The van der Waals surface area contributed by atoms with Gasteiger partial charge < -0.3 is 14.4 Å². The molecule has 0 unspecified atom stereocenters. The molecular formula is C10H11NO5. The molecule has 1 aromatic rings. The van der Waals surface area contributed by atoms with Gasteiger partial charge in [0.25, 0.3) is 5.56 Å². The van der Waals surface area contributed by atoms with Gasteiger partial charge in [0.15, 0.2) is 0 Å². The van der Waals surface area contributed by atoms with Crippen molar-refractivity contribution in [3.8, 4) is 0 Å². The number of carbonyl (C=O) groups is 2. The molecule has 0 aliphatic rings. The van der Waals surface area contributed by atoms with Crippen LogP contribution in [0, 0.1) is 0 Å². The number of aromatic carboxylic acids is 1. The SMILES string of the molecule is CC(=O)OCCn1cccc(C(=O)O)c1=O. The van der Waals surface area contributed by atoms with E-state index >= 15 is 0 Å². The van der Waals surface area contributed by atoms with Crippen molar-refractivity contribution in [2.75, 3.05) is 6.61 Å². The van der Waals surface area contributed by atoms with Gasteiger partial charge in [0, 0.05) is 13.1 Å². The van der Waals surface area contributed by atoms with Gasteiger partial charge in [-0.25, -0.2) is 4.79 Å². The van der Waals surface area contributed by atoms with Gasteiger partial charge in [-0.1, -0.05) is 0 Å². The molecule has 0 saturated carbocycles. The maximum Gasteiger partial charge on any atom is 0.341 e. The van der Waals surface area contributed by atoms with Crippen LogP contribution in [0.1, 0.15) is 17.3 Å². The zero-order chi connectivity index (χ0) is 12.1. The molecule has 16 heavy (non-hydrogen) atoms. The fourth-order valence-corrected chi connectivity index (χ4v) is 1.16. The van der Waals surface area contributed by atoms with Crippen molar-refractivity contribution in [2.45, 2.75) is 13.5 Å². The predicted molar refractivity (Wildman–Crippen MR) is 54.3 cm³/mol. The van der Waals surface area contributed by atoms with Crippen LogP contribution < -0.4 is 5.56 Å². The van der Waals surface area contributed by atoms with Gasteiger partial charge in [0.05, 0.1) is 6.54 Å². The van der Waals surface area contributed by atoms with E-state index < -0.39 is 17.5 Å². The van der Waals surface area contributed by atoms with Crippen LogP contribution in [0.4, 0.5) is 0 Å². The summed E-state index contributed by atoms with van der Waals surface area (Å²) in [6.45, 7) is 1.44. The van der Waals surface area contributed by atoms with E-state index in [-0.39, 0.29) is 18.7 Å². The zero-order valence-corrected chi connectivity index (χ0v) is 8.67. The van der Waals surface area contributed by atoms with Gasteiger partial charge in [0.1, 0.15) is 12.2 Å². The molecule has 0 aromatic carbocycles. The summed E-state index contributed by atoms with van der Waals surface area (Å²) in [6, 6.07) is 2.69. The lowest BCUT2D eigenvalue weighted by Crippen LogP contribution is -2.27. The minimum absolute atomic E-state index is 0.0400. The maximum absolute atomic E-state index is 11.5. The molecule has 0 saturated heterocycles. The average molecular weight is 225 g/mol. The van der Waals surface area contributed by atoms with Crippen LogP contribution in [-0.2, 0) is 16.1 Å². The molecule has 0 amide bonds. The lowest BCUT2D eigenvalue weighted by atomic mass is 10.3. The number of rotatable bonds is 4. The minimum atomic E-state index is -1.27. The Morgan fingerprint density at radius 1 is 1.50 bits per heavy atom. The van der Waals surface area contributed by atoms with E-state index in [2.05, 4.69) is 4.74 Å². The first-order valence-corrected chi connectivity index (χ1v) is 4.58. The van der Waals surface area contributed by atoms with Crippen LogP contribution >= 0.6 is 0 Å². The van der Waals surface area contributed by atoms with Gasteiger partial charge in [-0.3, -0.25) is 9.59 Å². The topological polar surface area (TPSA) is 85.6 Å². The second-order valence-electron chi connectivity index (χ2n) is 3.07. The van der Waals surface area contributed by atoms with Crippen molar-refractivity contribution in [1.29, 1.82) is 0 Å². The molecule has 0 aliphatic heterocycles. The first-order valence-electron chi connectivity index (χ1n) is 4.58. The van der Waals surface area contributed by atoms with E-state index in [4.69, 9.17) is 5.11 Å². The molecule has 6 nitrogen and oxygen atoms in total. The van der Waals surface area contributed by atoms with Gasteiger partial charge in [-0.15, -0.1) is 0 Å². The van der Waals surface area contributed by atoms with Crippen LogP contribution in [0.2, 0.25) is 0 Å². The highest BCUT2D eigenvalue weighted by atomic mass is 16.5. The highest BCUT2D eigenvalue weighted by Crippen LogP contribution is 1.92. The van der Waals surface area contributed by atoms with Gasteiger partial charge in [-0.05, 0) is 12.1 Å². The predicted octanol–water partition coefficient (Wildman–Crippen LogP) is 0.110. The summed E-state index contributed by atoms with van der Waals surface area (Å²) in [5.41, 5.74) is -0.910. The second-order valence-corrected chi connectivity index (χ2v) is 3.07. The first-order chi connectivity index (χ1) is 7.52. The standard InChI is InChI=1S/C10H11NO5/c1-7(12)16-6-5-11-4-2-3-8(9(11)13)10(14)15/h2-4H,5-6H2,1H3,(H,14,15). The Bertz CT molecular complexity index is 463. The molecule has 1 aromatic heterocycles. The zero-order valence-electron chi connectivity index (χ0n) is 8.67. The third-order valence-electron chi connectivity index (χ3n) is 1.89. The minimum Gasteiger partial charge on any atom is -0.477 e. The van der Waals surface area contributed by atoms with Crippen LogP contribution in [0.25, 0.3) is 0 Å². The van der Waals surface area contributed by atoms with E-state index in [1.165, 1.54) is 29.8 Å². The summed E-state index contributed by atoms with van der Waals surface area (Å²) < 4.78 is 5.84. The van der Waals surface area contributed by atoms with Crippen molar-refractivity contribution in [1.82, 2.24) is 4.57 Å². The number of aromatic nitrogens is 1. The van der Waals surface area contributed by atoms with Crippen molar-refractivity contribution >= 4 is 11.9 Å². The first kappa shape index (κ1) is 12.0. The smallest absolute Gasteiger partial charge is 0.341 e. The van der Waals surface area contributed by atoms with E-state index in [9.17, 15) is 14.4 Å². The number of carboxylic acid groups (broad SMARTS) is 1. The third kappa shape index (κ3) is 2.94. The highest BCUT2D eigenvalue weighted by Gasteiger charge is 2.09. The third-order valence-corrected chi connectivity index (χ3v) is 1.89. The lowest BCUT2D eigenvalue weighted by molar-refractivity contribution is -0.141. The van der Waals surface area contributed by atoms with E-state index in [0.717, 1.165) is 0 Å². The quantitative estimate of drug-likeness (QED) is 0.735. The Hall–Kier alpha value is -2.11. The lowest BCUT2D eigenvalue weighted by Gasteiger charge is -2.06. The van der Waals surface area contributed by atoms with Gasteiger partial charge >= 0.3 is 11.9 Å². The molecule has 0 radical (unpaired) electrons. The number of carboxylic acids is 1. The molecule has 6 heteroatoms. The largest absolute Gasteiger partial charge is 0.477 e.